The van der Waals surface area contributed by atoms with Crippen LogP contribution in [0.2, 0.25) is 0 Å². The van der Waals surface area contributed by atoms with Gasteiger partial charge in [0.15, 0.2) is 0 Å². The lowest BCUT2D eigenvalue weighted by Gasteiger charge is -2.09. The zero-order valence-corrected chi connectivity index (χ0v) is 13.6. The number of aromatic nitrogens is 1. The molecule has 0 atom stereocenters. The molecule has 4 aromatic rings. The Labute approximate surface area is 146 Å². The first-order valence-electron chi connectivity index (χ1n) is 8.35. The van der Waals surface area contributed by atoms with E-state index in [0.717, 1.165) is 29.2 Å². The van der Waals surface area contributed by atoms with Crippen LogP contribution in [0.15, 0.2) is 83.6 Å². The Hall–Kier alpha value is -3.33. The van der Waals surface area contributed by atoms with E-state index >= 15 is 0 Å². The third kappa shape index (κ3) is 2.50. The van der Waals surface area contributed by atoms with Crippen molar-refractivity contribution in [3.63, 3.8) is 0 Å². The van der Waals surface area contributed by atoms with Gasteiger partial charge in [0.05, 0.1) is 6.26 Å². The van der Waals surface area contributed by atoms with Gasteiger partial charge in [0.2, 0.25) is 0 Å². The molecule has 120 valence electrons. The Bertz CT molecular complexity index is 1050. The van der Waals surface area contributed by atoms with Crippen molar-refractivity contribution >= 4 is 11.5 Å². The van der Waals surface area contributed by atoms with Gasteiger partial charge in [0.1, 0.15) is 11.6 Å². The standard InChI is InChI=1S/C22H16N2O/c1-2-5-19-15(4-1)12-17-13-18(7-8-20(17)19)24-22-14-16(9-10-23-22)21-6-3-11-25-21/h1-11,13-14H,12H2,(H,23,24). The molecular formula is C22H16N2O. The lowest BCUT2D eigenvalue weighted by molar-refractivity contribution is 0.582. The summed E-state index contributed by atoms with van der Waals surface area (Å²) in [5, 5.41) is 3.41. The number of hydrogen-bond acceptors (Lipinski definition) is 3. The highest BCUT2D eigenvalue weighted by atomic mass is 16.3. The van der Waals surface area contributed by atoms with E-state index in [1.165, 1.54) is 22.3 Å². The minimum absolute atomic E-state index is 0.810. The van der Waals surface area contributed by atoms with Gasteiger partial charge in [-0.25, -0.2) is 4.98 Å². The van der Waals surface area contributed by atoms with Crippen LogP contribution in [0.25, 0.3) is 22.5 Å². The molecule has 2 heterocycles. The largest absolute Gasteiger partial charge is 0.464 e. The van der Waals surface area contributed by atoms with Crippen molar-refractivity contribution in [1.82, 2.24) is 4.98 Å². The molecule has 0 radical (unpaired) electrons. The van der Waals surface area contributed by atoms with E-state index in [9.17, 15) is 0 Å². The summed E-state index contributed by atoms with van der Waals surface area (Å²) in [6.07, 6.45) is 4.46. The maximum Gasteiger partial charge on any atom is 0.134 e. The first kappa shape index (κ1) is 14.1. The highest BCUT2D eigenvalue weighted by Crippen LogP contribution is 2.38. The second kappa shape index (κ2) is 5.64. The quantitative estimate of drug-likeness (QED) is 0.465. The summed E-state index contributed by atoms with van der Waals surface area (Å²) < 4.78 is 5.47. The molecule has 1 N–H and O–H groups in total. The summed E-state index contributed by atoms with van der Waals surface area (Å²) in [6, 6.07) is 22.9. The fourth-order valence-electron chi connectivity index (χ4n) is 3.47. The van der Waals surface area contributed by atoms with Crippen molar-refractivity contribution in [2.75, 3.05) is 5.32 Å². The fourth-order valence-corrected chi connectivity index (χ4v) is 3.47. The average molecular weight is 324 g/mol. The number of rotatable bonds is 3. The molecule has 1 aliphatic rings. The number of pyridine rings is 1. The molecule has 0 saturated heterocycles. The van der Waals surface area contributed by atoms with Crippen molar-refractivity contribution in [3.8, 4) is 22.5 Å². The summed E-state index contributed by atoms with van der Waals surface area (Å²) in [5.41, 5.74) is 7.49. The Morgan fingerprint density at radius 1 is 0.840 bits per heavy atom. The van der Waals surface area contributed by atoms with Crippen molar-refractivity contribution < 1.29 is 4.42 Å². The predicted molar refractivity (Wildman–Crippen MR) is 99.9 cm³/mol. The van der Waals surface area contributed by atoms with Crippen LogP contribution in [0.4, 0.5) is 11.5 Å². The van der Waals surface area contributed by atoms with Gasteiger partial charge < -0.3 is 9.73 Å². The summed E-state index contributed by atoms with van der Waals surface area (Å²) in [6.45, 7) is 0. The number of benzene rings is 2. The molecule has 3 heteroatoms. The van der Waals surface area contributed by atoms with Crippen LogP contribution >= 0.6 is 0 Å². The Kier molecular flexibility index (Phi) is 3.17. The maximum atomic E-state index is 5.47. The van der Waals surface area contributed by atoms with Gasteiger partial charge in [-0.05, 0) is 65.1 Å². The van der Waals surface area contributed by atoms with Gasteiger partial charge in [-0.15, -0.1) is 0 Å². The molecular weight excluding hydrogens is 308 g/mol. The van der Waals surface area contributed by atoms with E-state index in [1.54, 1.807) is 12.5 Å². The van der Waals surface area contributed by atoms with Crippen LogP contribution in [-0.2, 0) is 6.42 Å². The van der Waals surface area contributed by atoms with E-state index in [-0.39, 0.29) is 0 Å². The van der Waals surface area contributed by atoms with Gasteiger partial charge in [-0.2, -0.15) is 0 Å². The molecule has 2 aromatic heterocycles. The van der Waals surface area contributed by atoms with Crippen LogP contribution in [0.1, 0.15) is 11.1 Å². The van der Waals surface area contributed by atoms with Gasteiger partial charge in [0.25, 0.3) is 0 Å². The Morgan fingerprint density at radius 3 is 2.68 bits per heavy atom. The Balaban J connectivity index is 1.45. The van der Waals surface area contributed by atoms with Crippen molar-refractivity contribution in [1.29, 1.82) is 0 Å². The third-order valence-corrected chi connectivity index (χ3v) is 4.63. The van der Waals surface area contributed by atoms with Crippen LogP contribution in [0.3, 0.4) is 0 Å². The van der Waals surface area contributed by atoms with Gasteiger partial charge in [-0.3, -0.25) is 0 Å². The highest BCUT2D eigenvalue weighted by molar-refractivity contribution is 5.79. The number of hydrogen-bond donors (Lipinski definition) is 1. The molecule has 0 aliphatic heterocycles. The SMILES string of the molecule is c1coc(-c2ccnc(Nc3ccc4c(c3)Cc3ccccc3-4)c2)c1. The number of anilines is 2. The average Bonchev–Trinajstić information content (AvgIpc) is 3.29. The summed E-state index contributed by atoms with van der Waals surface area (Å²) in [4.78, 5) is 4.42. The molecule has 5 rings (SSSR count). The Morgan fingerprint density at radius 2 is 1.76 bits per heavy atom. The molecule has 3 nitrogen and oxygen atoms in total. The first-order chi connectivity index (χ1) is 12.4. The van der Waals surface area contributed by atoms with E-state index < -0.39 is 0 Å². The molecule has 0 amide bonds. The molecule has 0 bridgehead atoms. The summed E-state index contributed by atoms with van der Waals surface area (Å²) in [5.74, 6) is 1.65. The van der Waals surface area contributed by atoms with E-state index in [2.05, 4.69) is 52.8 Å². The minimum atomic E-state index is 0.810. The van der Waals surface area contributed by atoms with Gasteiger partial charge in [-0.1, -0.05) is 30.3 Å². The first-order valence-corrected chi connectivity index (χ1v) is 8.35. The lowest BCUT2D eigenvalue weighted by Crippen LogP contribution is -1.94. The van der Waals surface area contributed by atoms with Crippen LogP contribution < -0.4 is 5.32 Å². The molecule has 0 saturated carbocycles. The minimum Gasteiger partial charge on any atom is -0.464 e. The molecule has 0 spiro atoms. The molecule has 0 unspecified atom stereocenters. The molecule has 25 heavy (non-hydrogen) atoms. The third-order valence-electron chi connectivity index (χ3n) is 4.63. The summed E-state index contributed by atoms with van der Waals surface area (Å²) in [7, 11) is 0. The smallest absolute Gasteiger partial charge is 0.134 e. The van der Waals surface area contributed by atoms with Gasteiger partial charge >= 0.3 is 0 Å². The van der Waals surface area contributed by atoms with Crippen molar-refractivity contribution in [2.45, 2.75) is 6.42 Å². The lowest BCUT2D eigenvalue weighted by atomic mass is 10.1. The highest BCUT2D eigenvalue weighted by Gasteiger charge is 2.17. The van der Waals surface area contributed by atoms with Gasteiger partial charge in [0, 0.05) is 17.4 Å². The fraction of sp³-hybridized carbons (Fsp3) is 0.0455. The van der Waals surface area contributed by atoms with E-state index in [4.69, 9.17) is 4.42 Å². The number of fused-ring (bicyclic) bond motifs is 3. The second-order valence-corrected chi connectivity index (χ2v) is 6.24. The monoisotopic (exact) mass is 324 g/mol. The van der Waals surface area contributed by atoms with E-state index in [1.807, 2.05) is 24.3 Å². The van der Waals surface area contributed by atoms with Crippen LogP contribution in [0, 0.1) is 0 Å². The summed E-state index contributed by atoms with van der Waals surface area (Å²) >= 11 is 0. The van der Waals surface area contributed by atoms with Crippen LogP contribution in [0.5, 0.6) is 0 Å². The van der Waals surface area contributed by atoms with E-state index in [0.29, 0.717) is 0 Å². The number of nitrogens with one attached hydrogen (secondary N) is 1. The predicted octanol–water partition coefficient (Wildman–Crippen LogP) is 5.66. The molecule has 2 aromatic carbocycles. The molecule has 0 fully saturated rings. The van der Waals surface area contributed by atoms with Crippen molar-refractivity contribution in [3.05, 3.63) is 90.3 Å². The zero-order valence-electron chi connectivity index (χ0n) is 13.6. The normalized spacial score (nSPS) is 11.8. The second-order valence-electron chi connectivity index (χ2n) is 6.24. The zero-order chi connectivity index (χ0) is 16.6. The number of nitrogens with zero attached hydrogens (tertiary/aromatic N) is 1. The number of furan rings is 1. The van der Waals surface area contributed by atoms with Crippen LogP contribution in [-0.4, -0.2) is 4.98 Å². The topological polar surface area (TPSA) is 38.1 Å². The molecule has 1 aliphatic carbocycles. The van der Waals surface area contributed by atoms with Crippen molar-refractivity contribution in [2.24, 2.45) is 0 Å². The maximum absolute atomic E-state index is 5.47.